The molecule has 0 radical (unpaired) electrons. The van der Waals surface area contributed by atoms with Crippen molar-refractivity contribution in [3.05, 3.63) is 242 Å². The predicted molar refractivity (Wildman–Crippen MR) is 267 cm³/mol. The van der Waals surface area contributed by atoms with Crippen LogP contribution in [0.1, 0.15) is 25.0 Å². The van der Waals surface area contributed by atoms with Crippen LogP contribution in [-0.4, -0.2) is 0 Å². The minimum Gasteiger partial charge on any atom is -0.456 e. The molecule has 0 unspecified atom stereocenters. The van der Waals surface area contributed by atoms with E-state index in [1.54, 1.807) is 0 Å². The maximum atomic E-state index is 6.99. The number of hydrogen-bond donors (Lipinski definition) is 0. The summed E-state index contributed by atoms with van der Waals surface area (Å²) >= 11 is 0. The van der Waals surface area contributed by atoms with Crippen LogP contribution in [0.25, 0.3) is 55.3 Å². The Hall–Kier alpha value is -8.14. The van der Waals surface area contributed by atoms with Crippen LogP contribution >= 0.6 is 0 Å². The van der Waals surface area contributed by atoms with Gasteiger partial charge in [0.05, 0.1) is 5.69 Å². The van der Waals surface area contributed by atoms with Crippen LogP contribution in [-0.2, 0) is 5.41 Å². The zero-order valence-electron chi connectivity index (χ0n) is 35.7. The topological polar surface area (TPSA) is 15.7 Å². The van der Waals surface area contributed by atoms with E-state index in [2.05, 4.69) is 254 Å². The van der Waals surface area contributed by atoms with E-state index in [1.165, 1.54) is 44.5 Å². The molecule has 1 heterocycles. The third-order valence-electron chi connectivity index (χ3n) is 13.2. The molecule has 1 aliphatic carbocycles. The highest BCUT2D eigenvalue weighted by Crippen LogP contribution is 2.53. The van der Waals surface area contributed by atoms with Gasteiger partial charge in [-0.25, -0.2) is 0 Å². The van der Waals surface area contributed by atoms with Gasteiger partial charge in [-0.1, -0.05) is 166 Å². The van der Waals surface area contributed by atoms with E-state index in [0.29, 0.717) is 0 Å². The van der Waals surface area contributed by atoms with E-state index >= 15 is 0 Å². The smallest absolute Gasteiger partial charge is 0.138 e. The third kappa shape index (κ3) is 6.28. The van der Waals surface area contributed by atoms with E-state index in [0.717, 1.165) is 67.5 Å². The van der Waals surface area contributed by atoms with Gasteiger partial charge in [-0.2, -0.15) is 0 Å². The van der Waals surface area contributed by atoms with Crippen molar-refractivity contribution < 1.29 is 4.74 Å². The first-order chi connectivity index (χ1) is 31.5. The van der Waals surface area contributed by atoms with Crippen LogP contribution in [0, 0.1) is 0 Å². The Labute approximate surface area is 374 Å². The lowest BCUT2D eigenvalue weighted by Crippen LogP contribution is -2.16. The maximum absolute atomic E-state index is 6.99. The van der Waals surface area contributed by atoms with Crippen LogP contribution in [0.3, 0.4) is 0 Å². The average Bonchev–Trinajstić information content (AvgIpc) is 3.58. The van der Waals surface area contributed by atoms with E-state index in [1.807, 2.05) is 0 Å². The maximum Gasteiger partial charge on any atom is 0.138 e. The molecule has 0 spiro atoms. The lowest BCUT2D eigenvalue weighted by molar-refractivity contribution is 0.487. The number of fused-ring (bicyclic) bond motifs is 5. The van der Waals surface area contributed by atoms with Crippen molar-refractivity contribution in [2.75, 3.05) is 9.80 Å². The molecule has 10 aromatic carbocycles. The summed E-state index contributed by atoms with van der Waals surface area (Å²) in [5, 5.41) is 2.23. The predicted octanol–water partition coefficient (Wildman–Crippen LogP) is 17.2. The van der Waals surface area contributed by atoms with Crippen molar-refractivity contribution in [3.63, 3.8) is 0 Å². The van der Waals surface area contributed by atoms with Crippen LogP contribution in [0.2, 0.25) is 0 Å². The van der Waals surface area contributed by atoms with Crippen LogP contribution in [0.15, 0.2) is 231 Å². The number of ether oxygens (including phenoxy) is 1. The van der Waals surface area contributed by atoms with Gasteiger partial charge in [0, 0.05) is 50.9 Å². The number of hydrogen-bond acceptors (Lipinski definition) is 3. The number of rotatable bonds is 8. The van der Waals surface area contributed by atoms with Crippen molar-refractivity contribution in [3.8, 4) is 56.0 Å². The Balaban J connectivity index is 0.961. The number of benzene rings is 10. The van der Waals surface area contributed by atoms with Crippen LogP contribution < -0.4 is 14.5 Å². The molecule has 304 valence electrons. The van der Waals surface area contributed by atoms with Crippen molar-refractivity contribution in [1.29, 1.82) is 0 Å². The summed E-state index contributed by atoms with van der Waals surface area (Å²) in [6, 6.07) is 83.1. The quantitative estimate of drug-likeness (QED) is 0.152. The second-order valence-electron chi connectivity index (χ2n) is 17.4. The van der Waals surface area contributed by atoms with E-state index in [-0.39, 0.29) is 5.41 Å². The van der Waals surface area contributed by atoms with Gasteiger partial charge in [-0.15, -0.1) is 0 Å². The largest absolute Gasteiger partial charge is 0.456 e. The molecule has 0 bridgehead atoms. The Morgan fingerprint density at radius 3 is 1.48 bits per heavy atom. The molecule has 3 heteroatoms. The van der Waals surface area contributed by atoms with Gasteiger partial charge in [0.1, 0.15) is 11.5 Å². The highest BCUT2D eigenvalue weighted by atomic mass is 16.5. The third-order valence-corrected chi connectivity index (χ3v) is 13.2. The highest BCUT2D eigenvalue weighted by molar-refractivity contribution is 6.07. The lowest BCUT2D eigenvalue weighted by Gasteiger charge is -2.30. The molecule has 0 saturated carbocycles. The molecule has 0 aromatic heterocycles. The molecule has 3 nitrogen and oxygen atoms in total. The van der Waals surface area contributed by atoms with E-state index in [4.69, 9.17) is 4.74 Å². The summed E-state index contributed by atoms with van der Waals surface area (Å²) < 4.78 is 6.99. The molecule has 0 N–H and O–H groups in total. The monoisotopic (exact) mass is 820 g/mol. The molecule has 1 aliphatic heterocycles. The summed E-state index contributed by atoms with van der Waals surface area (Å²) in [6.07, 6.45) is 0. The molecular formula is C61H44N2O. The molecule has 64 heavy (non-hydrogen) atoms. The van der Waals surface area contributed by atoms with Crippen LogP contribution in [0.4, 0.5) is 34.1 Å². The Morgan fingerprint density at radius 1 is 0.312 bits per heavy atom. The van der Waals surface area contributed by atoms with Gasteiger partial charge in [-0.05, 0) is 128 Å². The fraction of sp³-hybridized carbons (Fsp3) is 0.0492. The Bertz CT molecular complexity index is 3280. The second-order valence-corrected chi connectivity index (χ2v) is 17.4. The van der Waals surface area contributed by atoms with Gasteiger partial charge in [0.15, 0.2) is 0 Å². The number of nitrogens with zero attached hydrogens (tertiary/aromatic N) is 2. The fourth-order valence-corrected chi connectivity index (χ4v) is 10.1. The molecular weight excluding hydrogens is 777 g/mol. The van der Waals surface area contributed by atoms with Crippen molar-refractivity contribution in [2.45, 2.75) is 19.3 Å². The summed E-state index contributed by atoms with van der Waals surface area (Å²) in [7, 11) is 0. The van der Waals surface area contributed by atoms with Gasteiger partial charge < -0.3 is 14.5 Å². The van der Waals surface area contributed by atoms with Gasteiger partial charge in [0.25, 0.3) is 0 Å². The summed E-state index contributed by atoms with van der Waals surface area (Å²) in [5.74, 6) is 1.68. The second kappa shape index (κ2) is 15.0. The molecule has 0 saturated heterocycles. The minimum atomic E-state index is -0.112. The first-order valence-corrected chi connectivity index (χ1v) is 22.1. The number of anilines is 6. The van der Waals surface area contributed by atoms with Gasteiger partial charge in [0.2, 0.25) is 0 Å². The Morgan fingerprint density at radius 2 is 0.812 bits per heavy atom. The fourth-order valence-electron chi connectivity index (χ4n) is 10.1. The summed E-state index contributed by atoms with van der Waals surface area (Å²) in [4.78, 5) is 4.71. The number of para-hydroxylation sites is 1. The van der Waals surface area contributed by atoms with Crippen LogP contribution in [0.5, 0.6) is 11.5 Å². The van der Waals surface area contributed by atoms with Crippen molar-refractivity contribution in [2.24, 2.45) is 0 Å². The van der Waals surface area contributed by atoms with E-state index in [9.17, 15) is 0 Å². The van der Waals surface area contributed by atoms with Crippen molar-refractivity contribution >= 4 is 44.9 Å². The highest BCUT2D eigenvalue weighted by Gasteiger charge is 2.36. The zero-order chi connectivity index (χ0) is 42.8. The van der Waals surface area contributed by atoms with Crippen molar-refractivity contribution in [1.82, 2.24) is 0 Å². The summed E-state index contributed by atoms with van der Waals surface area (Å²) in [6.45, 7) is 4.69. The zero-order valence-corrected chi connectivity index (χ0v) is 35.7. The first-order valence-electron chi connectivity index (χ1n) is 22.1. The standard InChI is InChI=1S/C61H44N2O/c1-61(2)56-24-13-12-22-52(56)53-35-33-50(39-57(53)61)63(46-20-10-5-11-21-46)49-34-36-58-55(38-49)54-23-14-19-45-37-51(40-59(64-58)60(45)54)62(47-29-25-43(26-30-47)41-15-6-3-7-16-41)48-31-27-44(28-32-48)42-17-8-4-9-18-42/h3-40H,1-2H3. The first kappa shape index (κ1) is 37.6. The average molecular weight is 821 g/mol. The summed E-state index contributed by atoms with van der Waals surface area (Å²) in [5.41, 5.74) is 18.7. The van der Waals surface area contributed by atoms with E-state index < -0.39 is 0 Å². The molecule has 12 rings (SSSR count). The van der Waals surface area contributed by atoms with Gasteiger partial charge in [-0.3, -0.25) is 0 Å². The van der Waals surface area contributed by atoms with Gasteiger partial charge >= 0.3 is 0 Å². The molecule has 2 aliphatic rings. The Kier molecular flexibility index (Phi) is 8.84. The normalized spacial score (nSPS) is 12.8. The molecule has 0 atom stereocenters. The molecule has 0 fully saturated rings. The SMILES string of the molecule is CC1(C)c2ccccc2-c2ccc(N(c3ccccc3)c3ccc4c(c3)-c3cccc5cc(N(c6ccc(-c7ccccc7)cc6)c6ccc(-c7ccccc7)cc6)cc(c35)O4)cc21. The minimum absolute atomic E-state index is 0.112. The molecule has 0 amide bonds. The molecule has 10 aromatic rings. The lowest BCUT2D eigenvalue weighted by atomic mass is 9.82.